The molecule has 0 saturated carbocycles. The number of nitrogens with zero attached hydrogens (tertiary/aromatic N) is 1. The van der Waals surface area contributed by atoms with E-state index in [0.717, 1.165) is 44.6 Å². The second-order valence-electron chi connectivity index (χ2n) is 5.33. The minimum Gasteiger partial charge on any atom is -0.352 e. The normalized spacial score (nSPS) is 17.0. The van der Waals surface area contributed by atoms with Gasteiger partial charge in [-0.2, -0.15) is 0 Å². The van der Waals surface area contributed by atoms with Crippen LogP contribution in [0.2, 0.25) is 0 Å². The van der Waals surface area contributed by atoms with Crippen molar-refractivity contribution in [2.75, 3.05) is 26.2 Å². The Morgan fingerprint density at radius 1 is 1.33 bits per heavy atom. The van der Waals surface area contributed by atoms with Crippen LogP contribution in [0.3, 0.4) is 0 Å². The summed E-state index contributed by atoms with van der Waals surface area (Å²) in [4.78, 5) is 14.3. The van der Waals surface area contributed by atoms with Gasteiger partial charge < -0.3 is 10.2 Å². The predicted octanol–water partition coefficient (Wildman–Crippen LogP) is 3.19. The molecule has 0 bridgehead atoms. The molecule has 6 heteroatoms. The zero-order valence-corrected chi connectivity index (χ0v) is 13.6. The van der Waals surface area contributed by atoms with Crippen molar-refractivity contribution in [3.63, 3.8) is 0 Å². The molecule has 1 saturated heterocycles. The summed E-state index contributed by atoms with van der Waals surface area (Å²) in [5, 5.41) is 2.65. The average Bonchev–Trinajstić information content (AvgIpc) is 2.44. The van der Waals surface area contributed by atoms with Gasteiger partial charge in [-0.3, -0.25) is 4.79 Å². The Balaban J connectivity index is 1.91. The second kappa shape index (κ2) is 7.31. The lowest BCUT2D eigenvalue weighted by molar-refractivity contribution is 0.0928. The van der Waals surface area contributed by atoms with E-state index in [2.05, 4.69) is 33.1 Å². The van der Waals surface area contributed by atoms with Crippen molar-refractivity contribution >= 4 is 21.8 Å². The highest BCUT2D eigenvalue weighted by Gasteiger charge is 2.21. The summed E-state index contributed by atoms with van der Waals surface area (Å²) in [6.07, 6.45) is 2.00. The smallest absolute Gasteiger partial charge is 0.257 e. The maximum atomic E-state index is 13.7. The van der Waals surface area contributed by atoms with Gasteiger partial charge in [-0.25, -0.2) is 8.78 Å². The van der Waals surface area contributed by atoms with Crippen LogP contribution in [0, 0.1) is 17.6 Å². The Hall–Kier alpha value is -1.01. The number of rotatable bonds is 4. The van der Waals surface area contributed by atoms with Crippen molar-refractivity contribution in [3.8, 4) is 0 Å². The first-order chi connectivity index (χ1) is 10.0. The largest absolute Gasteiger partial charge is 0.352 e. The molecule has 3 nitrogen and oxygen atoms in total. The maximum Gasteiger partial charge on any atom is 0.257 e. The highest BCUT2D eigenvalue weighted by atomic mass is 79.9. The second-order valence-corrected chi connectivity index (χ2v) is 6.25. The van der Waals surface area contributed by atoms with E-state index < -0.39 is 23.1 Å². The van der Waals surface area contributed by atoms with Crippen LogP contribution in [0.25, 0.3) is 0 Å². The minimum atomic E-state index is -0.847. The SMILES string of the molecule is CCN1CCC(CNC(=O)c2c(F)cc(Br)cc2F)CC1. The van der Waals surface area contributed by atoms with E-state index >= 15 is 0 Å². The molecule has 1 fully saturated rings. The first kappa shape index (κ1) is 16.4. The number of piperidine rings is 1. The van der Waals surface area contributed by atoms with Crippen molar-refractivity contribution in [1.82, 2.24) is 10.2 Å². The van der Waals surface area contributed by atoms with Crippen molar-refractivity contribution in [3.05, 3.63) is 33.8 Å². The summed E-state index contributed by atoms with van der Waals surface area (Å²) >= 11 is 2.99. The molecule has 1 aromatic carbocycles. The summed E-state index contributed by atoms with van der Waals surface area (Å²) in [5.74, 6) is -2.01. The molecule has 21 heavy (non-hydrogen) atoms. The van der Waals surface area contributed by atoms with Crippen LogP contribution < -0.4 is 5.32 Å². The molecule has 0 aliphatic carbocycles. The van der Waals surface area contributed by atoms with Gasteiger partial charge in [0.1, 0.15) is 17.2 Å². The Morgan fingerprint density at radius 3 is 2.43 bits per heavy atom. The van der Waals surface area contributed by atoms with Crippen LogP contribution in [0.15, 0.2) is 16.6 Å². The number of carbonyl (C=O) groups excluding carboxylic acids is 1. The summed E-state index contributed by atoms with van der Waals surface area (Å²) in [5.41, 5.74) is -0.510. The molecule has 1 N–H and O–H groups in total. The Kier molecular flexibility index (Phi) is 5.70. The van der Waals surface area contributed by atoms with Crippen LogP contribution in [0.1, 0.15) is 30.1 Å². The van der Waals surface area contributed by atoms with E-state index in [0.29, 0.717) is 12.5 Å². The molecule has 0 spiro atoms. The average molecular weight is 361 g/mol. The van der Waals surface area contributed by atoms with Crippen LogP contribution in [-0.2, 0) is 0 Å². The summed E-state index contributed by atoms with van der Waals surface area (Å²) < 4.78 is 27.7. The van der Waals surface area contributed by atoms with Gasteiger partial charge in [-0.05, 0) is 50.5 Å². The van der Waals surface area contributed by atoms with E-state index in [-0.39, 0.29) is 4.47 Å². The molecule has 0 unspecified atom stereocenters. The van der Waals surface area contributed by atoms with Gasteiger partial charge in [0, 0.05) is 11.0 Å². The third-order valence-corrected chi connectivity index (χ3v) is 4.40. The summed E-state index contributed by atoms with van der Waals surface area (Å²) in [6.45, 7) is 5.65. The van der Waals surface area contributed by atoms with Crippen LogP contribution in [0.5, 0.6) is 0 Å². The van der Waals surface area contributed by atoms with E-state index in [9.17, 15) is 13.6 Å². The fourth-order valence-corrected chi connectivity index (χ4v) is 2.99. The molecule has 1 amide bonds. The van der Waals surface area contributed by atoms with Crippen LogP contribution >= 0.6 is 15.9 Å². The lowest BCUT2D eigenvalue weighted by Gasteiger charge is -2.31. The van der Waals surface area contributed by atoms with Crippen molar-refractivity contribution in [1.29, 1.82) is 0 Å². The number of hydrogen-bond acceptors (Lipinski definition) is 2. The lowest BCUT2D eigenvalue weighted by Crippen LogP contribution is -2.38. The molecule has 1 aliphatic rings. The number of halogens is 3. The van der Waals surface area contributed by atoms with Crippen LogP contribution in [-0.4, -0.2) is 37.0 Å². The van der Waals surface area contributed by atoms with E-state index in [4.69, 9.17) is 0 Å². The van der Waals surface area contributed by atoms with Gasteiger partial charge in [0.25, 0.3) is 5.91 Å². The van der Waals surface area contributed by atoms with Crippen molar-refractivity contribution < 1.29 is 13.6 Å². The Labute approximate surface area is 131 Å². The van der Waals surface area contributed by atoms with Gasteiger partial charge in [0.15, 0.2) is 0 Å². The Bertz CT molecular complexity index is 493. The molecule has 1 aliphatic heterocycles. The van der Waals surface area contributed by atoms with Crippen molar-refractivity contribution in [2.45, 2.75) is 19.8 Å². The Morgan fingerprint density at radius 2 is 1.90 bits per heavy atom. The maximum absolute atomic E-state index is 13.7. The standard InChI is InChI=1S/C15H19BrF2N2O/c1-2-20-5-3-10(4-6-20)9-19-15(21)14-12(17)7-11(16)8-13(14)18/h7-8,10H,2-6,9H2,1H3,(H,19,21). The molecule has 116 valence electrons. The summed E-state index contributed by atoms with van der Waals surface area (Å²) in [6, 6.07) is 2.19. The highest BCUT2D eigenvalue weighted by Crippen LogP contribution is 2.20. The zero-order chi connectivity index (χ0) is 15.4. The molecule has 1 heterocycles. The van der Waals surface area contributed by atoms with Gasteiger partial charge >= 0.3 is 0 Å². The minimum absolute atomic E-state index is 0.279. The fourth-order valence-electron chi connectivity index (χ4n) is 2.59. The molecule has 0 aromatic heterocycles. The van der Waals surface area contributed by atoms with Gasteiger partial charge in [0.2, 0.25) is 0 Å². The third-order valence-electron chi connectivity index (χ3n) is 3.94. The molecular weight excluding hydrogens is 342 g/mol. The summed E-state index contributed by atoms with van der Waals surface area (Å²) in [7, 11) is 0. The van der Waals surface area contributed by atoms with Gasteiger partial charge in [0.05, 0.1) is 0 Å². The molecule has 2 rings (SSSR count). The number of carbonyl (C=O) groups is 1. The number of nitrogens with one attached hydrogen (secondary N) is 1. The topological polar surface area (TPSA) is 32.3 Å². The molecule has 1 aromatic rings. The number of amides is 1. The highest BCUT2D eigenvalue weighted by molar-refractivity contribution is 9.10. The number of hydrogen-bond donors (Lipinski definition) is 1. The van der Waals surface area contributed by atoms with E-state index in [1.807, 2.05) is 0 Å². The zero-order valence-electron chi connectivity index (χ0n) is 12.0. The monoisotopic (exact) mass is 360 g/mol. The molecule has 0 atom stereocenters. The first-order valence-electron chi connectivity index (χ1n) is 7.16. The predicted molar refractivity (Wildman–Crippen MR) is 81.2 cm³/mol. The lowest BCUT2D eigenvalue weighted by atomic mass is 9.96. The molecular formula is C15H19BrF2N2O. The van der Waals surface area contributed by atoms with E-state index in [1.54, 1.807) is 0 Å². The first-order valence-corrected chi connectivity index (χ1v) is 7.95. The number of benzene rings is 1. The number of likely N-dealkylation sites (tertiary alicyclic amines) is 1. The van der Waals surface area contributed by atoms with Gasteiger partial charge in [-0.15, -0.1) is 0 Å². The van der Waals surface area contributed by atoms with Crippen LogP contribution in [0.4, 0.5) is 8.78 Å². The van der Waals surface area contributed by atoms with Gasteiger partial charge in [-0.1, -0.05) is 22.9 Å². The molecule has 0 radical (unpaired) electrons. The third kappa shape index (κ3) is 4.23. The van der Waals surface area contributed by atoms with E-state index in [1.165, 1.54) is 0 Å². The van der Waals surface area contributed by atoms with Crippen molar-refractivity contribution in [2.24, 2.45) is 5.92 Å². The fraction of sp³-hybridized carbons (Fsp3) is 0.533. The quantitative estimate of drug-likeness (QED) is 0.894.